The van der Waals surface area contributed by atoms with Gasteiger partial charge in [0.25, 0.3) is 0 Å². The van der Waals surface area contributed by atoms with E-state index in [2.05, 4.69) is 50.9 Å². The smallest absolute Gasteiger partial charge is 0.224 e. The summed E-state index contributed by atoms with van der Waals surface area (Å²) in [5, 5.41) is 6.58. The van der Waals surface area contributed by atoms with Crippen LogP contribution in [-0.2, 0) is 13.0 Å². The fourth-order valence-corrected chi connectivity index (χ4v) is 2.48. The highest BCUT2D eigenvalue weighted by Crippen LogP contribution is 2.14. The quantitative estimate of drug-likeness (QED) is 0.657. The zero-order valence-electron chi connectivity index (χ0n) is 14.3. The van der Waals surface area contributed by atoms with Crippen molar-refractivity contribution in [3.8, 4) is 5.75 Å². The highest BCUT2D eigenvalue weighted by Gasteiger charge is 2.01. The van der Waals surface area contributed by atoms with Gasteiger partial charge in [-0.2, -0.15) is 4.98 Å². The summed E-state index contributed by atoms with van der Waals surface area (Å²) < 4.78 is 5.24. The number of nitrogens with zero attached hydrogens (tertiary/aromatic N) is 2. The monoisotopic (exact) mass is 334 g/mol. The molecule has 0 aliphatic rings. The second-order valence-electron chi connectivity index (χ2n) is 5.63. The van der Waals surface area contributed by atoms with Crippen molar-refractivity contribution in [2.75, 3.05) is 24.3 Å². The number of rotatable bonds is 8. The first kappa shape index (κ1) is 16.8. The molecule has 3 aromatic rings. The summed E-state index contributed by atoms with van der Waals surface area (Å²) in [6.07, 6.45) is 2.69. The molecular weight excluding hydrogens is 312 g/mol. The molecule has 0 saturated heterocycles. The van der Waals surface area contributed by atoms with Crippen molar-refractivity contribution in [2.24, 2.45) is 0 Å². The lowest BCUT2D eigenvalue weighted by atomic mass is 10.1. The Morgan fingerprint density at radius 2 is 1.76 bits per heavy atom. The third-order valence-corrected chi connectivity index (χ3v) is 3.80. The summed E-state index contributed by atoms with van der Waals surface area (Å²) in [5.41, 5.74) is 2.43. The molecule has 0 aliphatic carbocycles. The molecule has 25 heavy (non-hydrogen) atoms. The van der Waals surface area contributed by atoms with Gasteiger partial charge in [0.1, 0.15) is 11.6 Å². The zero-order valence-corrected chi connectivity index (χ0v) is 14.3. The van der Waals surface area contributed by atoms with E-state index >= 15 is 0 Å². The first-order valence-electron chi connectivity index (χ1n) is 8.31. The molecule has 0 aliphatic heterocycles. The minimum Gasteiger partial charge on any atom is -0.497 e. The first-order chi connectivity index (χ1) is 12.3. The molecule has 0 unspecified atom stereocenters. The standard InChI is InChI=1S/C20H22N4O/c1-25-18-9-5-8-17(14-18)15-23-19-11-13-22-20(24-19)21-12-10-16-6-3-2-4-7-16/h2-9,11,13-14H,10,12,15H2,1H3,(H2,21,22,23,24). The summed E-state index contributed by atoms with van der Waals surface area (Å²) in [5.74, 6) is 2.27. The maximum Gasteiger partial charge on any atom is 0.224 e. The van der Waals surface area contributed by atoms with E-state index in [-0.39, 0.29) is 0 Å². The van der Waals surface area contributed by atoms with Crippen LogP contribution in [0.5, 0.6) is 5.75 Å². The highest BCUT2D eigenvalue weighted by molar-refractivity contribution is 5.41. The lowest BCUT2D eigenvalue weighted by Crippen LogP contribution is -2.09. The average molecular weight is 334 g/mol. The average Bonchev–Trinajstić information content (AvgIpc) is 2.68. The Labute approximate surface area is 148 Å². The summed E-state index contributed by atoms with van der Waals surface area (Å²) in [4.78, 5) is 8.77. The maximum atomic E-state index is 5.24. The summed E-state index contributed by atoms with van der Waals surface area (Å²) in [7, 11) is 1.67. The van der Waals surface area contributed by atoms with E-state index in [1.54, 1.807) is 13.3 Å². The molecule has 0 radical (unpaired) electrons. The molecule has 2 N–H and O–H groups in total. The highest BCUT2D eigenvalue weighted by atomic mass is 16.5. The van der Waals surface area contributed by atoms with Crippen molar-refractivity contribution in [2.45, 2.75) is 13.0 Å². The Kier molecular flexibility index (Phi) is 5.82. The molecule has 0 atom stereocenters. The molecule has 0 saturated carbocycles. The number of benzene rings is 2. The lowest BCUT2D eigenvalue weighted by Gasteiger charge is -2.09. The zero-order chi connectivity index (χ0) is 17.3. The molecule has 0 amide bonds. The lowest BCUT2D eigenvalue weighted by molar-refractivity contribution is 0.414. The first-order valence-corrected chi connectivity index (χ1v) is 8.31. The summed E-state index contributed by atoms with van der Waals surface area (Å²) in [6.45, 7) is 1.47. The van der Waals surface area contributed by atoms with Crippen LogP contribution in [0.4, 0.5) is 11.8 Å². The largest absolute Gasteiger partial charge is 0.497 e. The molecule has 128 valence electrons. The van der Waals surface area contributed by atoms with Gasteiger partial charge < -0.3 is 15.4 Å². The molecule has 1 aromatic heterocycles. The molecule has 5 heteroatoms. The van der Waals surface area contributed by atoms with Crippen molar-refractivity contribution in [3.63, 3.8) is 0 Å². The van der Waals surface area contributed by atoms with Crippen molar-refractivity contribution >= 4 is 11.8 Å². The third kappa shape index (κ3) is 5.21. The summed E-state index contributed by atoms with van der Waals surface area (Å²) >= 11 is 0. The molecule has 0 bridgehead atoms. The summed E-state index contributed by atoms with van der Waals surface area (Å²) in [6, 6.07) is 20.2. The number of aromatic nitrogens is 2. The van der Waals surface area contributed by atoms with Gasteiger partial charge in [0, 0.05) is 19.3 Å². The molecule has 0 spiro atoms. The van der Waals surface area contributed by atoms with Crippen LogP contribution in [-0.4, -0.2) is 23.6 Å². The number of hydrogen-bond acceptors (Lipinski definition) is 5. The second-order valence-corrected chi connectivity index (χ2v) is 5.63. The van der Waals surface area contributed by atoms with Crippen LogP contribution < -0.4 is 15.4 Å². The topological polar surface area (TPSA) is 59.1 Å². The number of methoxy groups -OCH3 is 1. The van der Waals surface area contributed by atoms with E-state index < -0.39 is 0 Å². The molecule has 0 fully saturated rings. The minimum atomic E-state index is 0.631. The van der Waals surface area contributed by atoms with Gasteiger partial charge in [-0.3, -0.25) is 0 Å². The van der Waals surface area contributed by atoms with Crippen LogP contribution in [0.1, 0.15) is 11.1 Å². The number of ether oxygens (including phenoxy) is 1. The molecule has 1 heterocycles. The van der Waals surface area contributed by atoms with Crippen LogP contribution in [0, 0.1) is 0 Å². The van der Waals surface area contributed by atoms with Crippen LogP contribution in [0.15, 0.2) is 66.9 Å². The Hall–Kier alpha value is -3.08. The molecule has 2 aromatic carbocycles. The Bertz CT molecular complexity index is 792. The Morgan fingerprint density at radius 1 is 0.920 bits per heavy atom. The Morgan fingerprint density at radius 3 is 2.60 bits per heavy atom. The van der Waals surface area contributed by atoms with Crippen molar-refractivity contribution in [1.82, 2.24) is 9.97 Å². The predicted octanol–water partition coefficient (Wildman–Crippen LogP) is 3.75. The van der Waals surface area contributed by atoms with E-state index in [9.17, 15) is 0 Å². The molecule has 3 rings (SSSR count). The normalized spacial score (nSPS) is 10.3. The van der Waals surface area contributed by atoms with E-state index in [4.69, 9.17) is 4.74 Å². The van der Waals surface area contributed by atoms with Gasteiger partial charge in [-0.25, -0.2) is 4.98 Å². The van der Waals surface area contributed by atoms with Gasteiger partial charge >= 0.3 is 0 Å². The second kappa shape index (κ2) is 8.68. The van der Waals surface area contributed by atoms with Crippen molar-refractivity contribution < 1.29 is 4.74 Å². The number of anilines is 2. The van der Waals surface area contributed by atoms with Gasteiger partial charge in [0.2, 0.25) is 5.95 Å². The van der Waals surface area contributed by atoms with Gasteiger partial charge in [-0.15, -0.1) is 0 Å². The van der Waals surface area contributed by atoms with Crippen LogP contribution in [0.2, 0.25) is 0 Å². The van der Waals surface area contributed by atoms with Crippen molar-refractivity contribution in [3.05, 3.63) is 78.0 Å². The molecule has 5 nitrogen and oxygen atoms in total. The minimum absolute atomic E-state index is 0.631. The number of nitrogens with one attached hydrogen (secondary N) is 2. The molecular formula is C20H22N4O. The van der Waals surface area contributed by atoms with E-state index in [0.717, 1.165) is 30.1 Å². The van der Waals surface area contributed by atoms with E-state index in [0.29, 0.717) is 12.5 Å². The van der Waals surface area contributed by atoms with Crippen LogP contribution >= 0.6 is 0 Å². The van der Waals surface area contributed by atoms with E-state index in [1.807, 2.05) is 30.3 Å². The third-order valence-electron chi connectivity index (χ3n) is 3.80. The van der Waals surface area contributed by atoms with Gasteiger partial charge in [0.15, 0.2) is 0 Å². The number of hydrogen-bond donors (Lipinski definition) is 2. The van der Waals surface area contributed by atoms with Crippen LogP contribution in [0.25, 0.3) is 0 Å². The van der Waals surface area contributed by atoms with Gasteiger partial charge in [-0.1, -0.05) is 42.5 Å². The van der Waals surface area contributed by atoms with E-state index in [1.165, 1.54) is 5.56 Å². The Balaban J connectivity index is 1.52. The SMILES string of the molecule is COc1cccc(CNc2ccnc(NCCc3ccccc3)n2)c1. The predicted molar refractivity (Wildman–Crippen MR) is 101 cm³/mol. The van der Waals surface area contributed by atoms with Gasteiger partial charge in [0.05, 0.1) is 7.11 Å². The van der Waals surface area contributed by atoms with Crippen molar-refractivity contribution in [1.29, 1.82) is 0 Å². The fourth-order valence-electron chi connectivity index (χ4n) is 2.48. The fraction of sp³-hybridized carbons (Fsp3) is 0.200. The maximum absolute atomic E-state index is 5.24. The van der Waals surface area contributed by atoms with Gasteiger partial charge in [-0.05, 0) is 35.7 Å². The van der Waals surface area contributed by atoms with Crippen LogP contribution in [0.3, 0.4) is 0 Å².